The molecule has 0 aliphatic carbocycles. The van der Waals surface area contributed by atoms with E-state index in [0.29, 0.717) is 25.3 Å². The van der Waals surface area contributed by atoms with Crippen LogP contribution >= 0.6 is 0 Å². The summed E-state index contributed by atoms with van der Waals surface area (Å²) in [4.78, 5) is 17.2. The Morgan fingerprint density at radius 2 is 1.82 bits per heavy atom. The van der Waals surface area contributed by atoms with Gasteiger partial charge in [0.05, 0.1) is 12.7 Å². The highest BCUT2D eigenvalue weighted by Gasteiger charge is 2.23. The molecule has 0 spiro atoms. The summed E-state index contributed by atoms with van der Waals surface area (Å²) in [6.07, 6.45) is 2.19. The van der Waals surface area contributed by atoms with E-state index in [0.717, 1.165) is 36.4 Å². The third-order valence-electron chi connectivity index (χ3n) is 4.97. The number of carbonyl (C=O) groups is 1. The van der Waals surface area contributed by atoms with Gasteiger partial charge in [0.1, 0.15) is 5.75 Å². The van der Waals surface area contributed by atoms with E-state index in [-0.39, 0.29) is 12.0 Å². The van der Waals surface area contributed by atoms with Crippen LogP contribution in [0.25, 0.3) is 0 Å². The zero-order valence-electron chi connectivity index (χ0n) is 17.1. The molecule has 0 aromatic heterocycles. The second-order valence-corrected chi connectivity index (χ2v) is 7.34. The van der Waals surface area contributed by atoms with E-state index >= 15 is 0 Å². The molecule has 3 rings (SSSR count). The summed E-state index contributed by atoms with van der Waals surface area (Å²) in [7, 11) is 4.04. The molecule has 1 aliphatic rings. The van der Waals surface area contributed by atoms with E-state index in [2.05, 4.69) is 29.2 Å². The number of nitrogens with zero attached hydrogens (tertiary/aromatic N) is 2. The first-order valence-corrected chi connectivity index (χ1v) is 9.97. The van der Waals surface area contributed by atoms with Crippen LogP contribution in [0.2, 0.25) is 0 Å². The molecule has 28 heavy (non-hydrogen) atoms. The average molecular weight is 383 g/mol. The summed E-state index contributed by atoms with van der Waals surface area (Å²) in [5, 5.41) is 0. The molecule has 1 atom stereocenters. The number of rotatable bonds is 8. The van der Waals surface area contributed by atoms with Crippen molar-refractivity contribution < 1.29 is 14.3 Å². The predicted molar refractivity (Wildman–Crippen MR) is 112 cm³/mol. The number of benzene rings is 2. The van der Waals surface area contributed by atoms with Crippen LogP contribution in [0.4, 0.5) is 5.69 Å². The van der Waals surface area contributed by atoms with E-state index in [1.54, 1.807) is 0 Å². The first-order valence-electron chi connectivity index (χ1n) is 9.97. The Labute approximate surface area is 167 Å². The predicted octanol–water partition coefficient (Wildman–Crippen LogP) is 3.97. The molecule has 1 amide bonds. The molecule has 2 aromatic rings. The van der Waals surface area contributed by atoms with Crippen LogP contribution in [0.1, 0.15) is 35.7 Å². The molecule has 5 heteroatoms. The third-order valence-corrected chi connectivity index (χ3v) is 4.97. The lowest BCUT2D eigenvalue weighted by atomic mass is 10.1. The summed E-state index contributed by atoms with van der Waals surface area (Å²) in [5.41, 5.74) is 2.93. The summed E-state index contributed by atoms with van der Waals surface area (Å²) >= 11 is 0. The Hall–Kier alpha value is -2.53. The second kappa shape index (κ2) is 9.60. The fraction of sp³-hybridized carbons (Fsp3) is 0.435. The average Bonchev–Trinajstić information content (AvgIpc) is 3.21. The van der Waals surface area contributed by atoms with Gasteiger partial charge >= 0.3 is 0 Å². The largest absolute Gasteiger partial charge is 0.494 e. The van der Waals surface area contributed by atoms with Crippen molar-refractivity contribution in [1.29, 1.82) is 0 Å². The lowest BCUT2D eigenvalue weighted by molar-refractivity contribution is 0.0507. The molecule has 0 saturated carbocycles. The zero-order valence-corrected chi connectivity index (χ0v) is 17.1. The molecule has 2 aromatic carbocycles. The summed E-state index contributed by atoms with van der Waals surface area (Å²) in [6, 6.07) is 15.7. The molecule has 150 valence electrons. The maximum absolute atomic E-state index is 13.2. The minimum Gasteiger partial charge on any atom is -0.494 e. The molecular formula is C23H30N2O3. The van der Waals surface area contributed by atoms with Gasteiger partial charge in [-0.2, -0.15) is 0 Å². The highest BCUT2D eigenvalue weighted by Crippen LogP contribution is 2.20. The Morgan fingerprint density at radius 1 is 1.11 bits per heavy atom. The van der Waals surface area contributed by atoms with Crippen molar-refractivity contribution in [3.63, 3.8) is 0 Å². The molecule has 1 heterocycles. The SMILES string of the molecule is CCOc1ccc(C(=O)N(Cc2ccc(N(C)C)cc2)C[C@@H]2CCCO2)cc1. The van der Waals surface area contributed by atoms with E-state index in [4.69, 9.17) is 9.47 Å². The van der Waals surface area contributed by atoms with Crippen molar-refractivity contribution >= 4 is 11.6 Å². The molecule has 1 saturated heterocycles. The number of hydrogen-bond acceptors (Lipinski definition) is 4. The van der Waals surface area contributed by atoms with Crippen molar-refractivity contribution in [2.75, 3.05) is 38.8 Å². The number of ether oxygens (including phenoxy) is 2. The number of anilines is 1. The lowest BCUT2D eigenvalue weighted by Gasteiger charge is -2.26. The quantitative estimate of drug-likeness (QED) is 0.693. The van der Waals surface area contributed by atoms with E-state index in [1.165, 1.54) is 0 Å². The standard InChI is InChI=1S/C23H30N2O3/c1-4-27-21-13-9-19(10-14-21)23(26)25(17-22-6-5-15-28-22)16-18-7-11-20(12-8-18)24(2)3/h7-14,22H,4-6,15-17H2,1-3H3/t22-/m0/s1. The maximum atomic E-state index is 13.2. The van der Waals surface area contributed by atoms with Crippen LogP contribution in [0.15, 0.2) is 48.5 Å². The topological polar surface area (TPSA) is 42.0 Å². The molecule has 0 unspecified atom stereocenters. The van der Waals surface area contributed by atoms with E-state index in [1.807, 2.05) is 50.2 Å². The summed E-state index contributed by atoms with van der Waals surface area (Å²) < 4.78 is 11.3. The minimum absolute atomic E-state index is 0.0234. The van der Waals surface area contributed by atoms with Gasteiger partial charge in [0.25, 0.3) is 5.91 Å². The van der Waals surface area contributed by atoms with Gasteiger partial charge in [0.2, 0.25) is 0 Å². The van der Waals surface area contributed by atoms with Crippen LogP contribution < -0.4 is 9.64 Å². The van der Waals surface area contributed by atoms with Gasteiger partial charge in [-0.3, -0.25) is 4.79 Å². The molecule has 1 aliphatic heterocycles. The fourth-order valence-corrected chi connectivity index (χ4v) is 3.42. The number of amides is 1. The number of carbonyl (C=O) groups excluding carboxylic acids is 1. The molecule has 1 fully saturated rings. The van der Waals surface area contributed by atoms with Crippen LogP contribution in [0, 0.1) is 0 Å². The Bertz CT molecular complexity index is 750. The van der Waals surface area contributed by atoms with Gasteiger partial charge in [-0.25, -0.2) is 0 Å². The first-order chi connectivity index (χ1) is 13.6. The van der Waals surface area contributed by atoms with Crippen molar-refractivity contribution in [3.8, 4) is 5.75 Å². The minimum atomic E-state index is 0.0234. The van der Waals surface area contributed by atoms with Gasteiger partial charge in [0, 0.05) is 45.0 Å². The highest BCUT2D eigenvalue weighted by molar-refractivity contribution is 5.94. The van der Waals surface area contributed by atoms with Gasteiger partial charge < -0.3 is 19.3 Å². The van der Waals surface area contributed by atoms with Crippen LogP contribution in [0.3, 0.4) is 0 Å². The Balaban J connectivity index is 1.76. The van der Waals surface area contributed by atoms with Crippen molar-refractivity contribution in [2.45, 2.75) is 32.4 Å². The molecular weight excluding hydrogens is 352 g/mol. The van der Waals surface area contributed by atoms with Crippen LogP contribution in [0.5, 0.6) is 5.75 Å². The van der Waals surface area contributed by atoms with Gasteiger partial charge in [-0.05, 0) is 61.7 Å². The summed E-state index contributed by atoms with van der Waals surface area (Å²) in [5.74, 6) is 0.805. The zero-order chi connectivity index (χ0) is 19.9. The van der Waals surface area contributed by atoms with Crippen LogP contribution in [-0.2, 0) is 11.3 Å². The van der Waals surface area contributed by atoms with Gasteiger partial charge in [0.15, 0.2) is 0 Å². The monoisotopic (exact) mass is 382 g/mol. The number of hydrogen-bond donors (Lipinski definition) is 0. The van der Waals surface area contributed by atoms with Crippen LogP contribution in [-0.4, -0.2) is 50.8 Å². The maximum Gasteiger partial charge on any atom is 0.254 e. The van der Waals surface area contributed by atoms with Crippen molar-refractivity contribution in [3.05, 3.63) is 59.7 Å². The molecule has 0 radical (unpaired) electrons. The van der Waals surface area contributed by atoms with Gasteiger partial charge in [-0.1, -0.05) is 12.1 Å². The molecule has 0 N–H and O–H groups in total. The van der Waals surface area contributed by atoms with E-state index in [9.17, 15) is 4.79 Å². The molecule has 0 bridgehead atoms. The van der Waals surface area contributed by atoms with E-state index < -0.39 is 0 Å². The normalized spacial score (nSPS) is 16.0. The second-order valence-electron chi connectivity index (χ2n) is 7.34. The highest BCUT2D eigenvalue weighted by atomic mass is 16.5. The van der Waals surface area contributed by atoms with Gasteiger partial charge in [-0.15, -0.1) is 0 Å². The molecule has 5 nitrogen and oxygen atoms in total. The lowest BCUT2D eigenvalue weighted by Crippen LogP contribution is -2.37. The Morgan fingerprint density at radius 3 is 2.39 bits per heavy atom. The summed E-state index contributed by atoms with van der Waals surface area (Å²) in [6.45, 7) is 4.53. The Kier molecular flexibility index (Phi) is 6.93. The van der Waals surface area contributed by atoms with Crippen molar-refractivity contribution in [1.82, 2.24) is 4.90 Å². The third kappa shape index (κ3) is 5.26. The van der Waals surface area contributed by atoms with Crippen molar-refractivity contribution in [2.24, 2.45) is 0 Å². The first kappa shape index (κ1) is 20.2. The fourth-order valence-electron chi connectivity index (χ4n) is 3.42. The smallest absolute Gasteiger partial charge is 0.254 e.